The smallest absolute Gasteiger partial charge is 0.273 e. The fourth-order valence-electron chi connectivity index (χ4n) is 2.80. The van der Waals surface area contributed by atoms with E-state index in [1.54, 1.807) is 24.3 Å². The molecule has 2 aliphatic heterocycles. The van der Waals surface area contributed by atoms with Gasteiger partial charge in [0.15, 0.2) is 11.5 Å². The molecule has 0 aromatic heterocycles. The van der Waals surface area contributed by atoms with Gasteiger partial charge in [0.1, 0.15) is 5.70 Å². The molecule has 4 rings (SSSR count). The van der Waals surface area contributed by atoms with Crippen LogP contribution in [0.15, 0.2) is 54.2 Å². The summed E-state index contributed by atoms with van der Waals surface area (Å²) in [4.78, 5) is 24.8. The SMILES string of the molecule is Cc1cccc(N2NC(C(=O)Nc3ccc4c(c3)OCO4)=CCC2=O)c1. The number of rotatable bonds is 3. The lowest BCUT2D eigenvalue weighted by molar-refractivity contribution is -0.119. The van der Waals surface area contributed by atoms with E-state index in [0.29, 0.717) is 28.6 Å². The van der Waals surface area contributed by atoms with Crippen LogP contribution in [0.5, 0.6) is 11.5 Å². The lowest BCUT2D eigenvalue weighted by Gasteiger charge is -2.28. The summed E-state index contributed by atoms with van der Waals surface area (Å²) in [6.07, 6.45) is 1.72. The number of anilines is 2. The highest BCUT2D eigenvalue weighted by Gasteiger charge is 2.24. The van der Waals surface area contributed by atoms with Crippen LogP contribution in [0.1, 0.15) is 12.0 Å². The normalized spacial score (nSPS) is 15.3. The minimum Gasteiger partial charge on any atom is -0.454 e. The number of aryl methyl sites for hydroxylation is 1. The van der Waals surface area contributed by atoms with Crippen molar-refractivity contribution >= 4 is 23.2 Å². The van der Waals surface area contributed by atoms with Gasteiger partial charge >= 0.3 is 0 Å². The molecule has 0 radical (unpaired) electrons. The molecule has 132 valence electrons. The molecule has 0 saturated carbocycles. The number of hydrogen-bond donors (Lipinski definition) is 2. The molecule has 0 bridgehead atoms. The van der Waals surface area contributed by atoms with Crippen LogP contribution in [0.4, 0.5) is 11.4 Å². The van der Waals surface area contributed by atoms with Gasteiger partial charge in [-0.2, -0.15) is 0 Å². The van der Waals surface area contributed by atoms with Crippen LogP contribution < -0.4 is 25.2 Å². The van der Waals surface area contributed by atoms with E-state index in [1.807, 2.05) is 31.2 Å². The van der Waals surface area contributed by atoms with E-state index in [4.69, 9.17) is 9.47 Å². The summed E-state index contributed by atoms with van der Waals surface area (Å²) >= 11 is 0. The van der Waals surface area contributed by atoms with Crippen LogP contribution in [0.3, 0.4) is 0 Å². The van der Waals surface area contributed by atoms with E-state index in [-0.39, 0.29) is 25.0 Å². The second kappa shape index (κ2) is 6.44. The monoisotopic (exact) mass is 351 g/mol. The van der Waals surface area contributed by atoms with E-state index in [9.17, 15) is 9.59 Å². The topological polar surface area (TPSA) is 79.9 Å². The fourth-order valence-corrected chi connectivity index (χ4v) is 2.80. The second-order valence-corrected chi connectivity index (χ2v) is 6.02. The van der Waals surface area contributed by atoms with Crippen molar-refractivity contribution in [2.45, 2.75) is 13.3 Å². The number of hydrogen-bond acceptors (Lipinski definition) is 5. The highest BCUT2D eigenvalue weighted by atomic mass is 16.7. The molecule has 2 amide bonds. The average Bonchev–Trinajstić information content (AvgIpc) is 3.10. The van der Waals surface area contributed by atoms with Crippen molar-refractivity contribution in [1.29, 1.82) is 0 Å². The number of fused-ring (bicyclic) bond motifs is 1. The van der Waals surface area contributed by atoms with Crippen molar-refractivity contribution in [3.05, 3.63) is 59.8 Å². The van der Waals surface area contributed by atoms with Gasteiger partial charge in [0.05, 0.1) is 5.69 Å². The van der Waals surface area contributed by atoms with E-state index in [2.05, 4.69) is 10.7 Å². The summed E-state index contributed by atoms with van der Waals surface area (Å²) in [5.41, 5.74) is 5.51. The maximum Gasteiger partial charge on any atom is 0.273 e. The summed E-state index contributed by atoms with van der Waals surface area (Å²) in [7, 11) is 0. The molecule has 0 aliphatic carbocycles. The third-order valence-corrected chi connectivity index (χ3v) is 4.10. The third-order valence-electron chi connectivity index (χ3n) is 4.10. The van der Waals surface area contributed by atoms with E-state index in [1.165, 1.54) is 5.01 Å². The Hall–Kier alpha value is -3.48. The molecule has 2 aromatic rings. The number of carbonyl (C=O) groups is 2. The molecular formula is C19H17N3O4. The molecule has 7 heteroatoms. The molecule has 0 atom stereocenters. The molecule has 2 N–H and O–H groups in total. The highest BCUT2D eigenvalue weighted by Crippen LogP contribution is 2.34. The number of carbonyl (C=O) groups excluding carboxylic acids is 2. The molecule has 26 heavy (non-hydrogen) atoms. The largest absolute Gasteiger partial charge is 0.454 e. The standard InChI is InChI=1S/C19H17N3O4/c1-12-3-2-4-14(9-12)22-18(23)8-6-15(21-22)19(24)20-13-5-7-16-17(10-13)26-11-25-16/h2-7,9-10,21H,8,11H2,1H3,(H,20,24). The van der Waals surface area contributed by atoms with Crippen LogP contribution in [-0.2, 0) is 9.59 Å². The Morgan fingerprint density at radius 2 is 2.00 bits per heavy atom. The zero-order chi connectivity index (χ0) is 18.1. The fraction of sp³-hybridized carbons (Fsp3) is 0.158. The Morgan fingerprint density at radius 3 is 2.85 bits per heavy atom. The quantitative estimate of drug-likeness (QED) is 0.888. The molecule has 0 fully saturated rings. The first-order chi connectivity index (χ1) is 12.6. The van der Waals surface area contributed by atoms with Gasteiger partial charge in [0, 0.05) is 18.2 Å². The predicted molar refractivity (Wildman–Crippen MR) is 95.7 cm³/mol. The highest BCUT2D eigenvalue weighted by molar-refractivity contribution is 6.06. The third kappa shape index (κ3) is 3.06. The number of nitrogens with zero attached hydrogens (tertiary/aromatic N) is 1. The number of ether oxygens (including phenoxy) is 2. The zero-order valence-corrected chi connectivity index (χ0v) is 14.1. The number of nitrogens with one attached hydrogen (secondary N) is 2. The van der Waals surface area contributed by atoms with Gasteiger partial charge in [0.2, 0.25) is 12.7 Å². The Bertz CT molecular complexity index is 923. The average molecular weight is 351 g/mol. The van der Waals surface area contributed by atoms with Crippen molar-refractivity contribution in [3.63, 3.8) is 0 Å². The van der Waals surface area contributed by atoms with E-state index in [0.717, 1.165) is 5.56 Å². The first-order valence-electron chi connectivity index (χ1n) is 8.17. The van der Waals surface area contributed by atoms with Crippen molar-refractivity contribution < 1.29 is 19.1 Å². The van der Waals surface area contributed by atoms with Gasteiger partial charge in [0.25, 0.3) is 5.91 Å². The van der Waals surface area contributed by atoms with Crippen LogP contribution in [0, 0.1) is 6.92 Å². The maximum atomic E-state index is 12.6. The summed E-state index contributed by atoms with van der Waals surface area (Å²) in [5.74, 6) is 0.767. The molecule has 7 nitrogen and oxygen atoms in total. The van der Waals surface area contributed by atoms with Gasteiger partial charge in [-0.05, 0) is 42.8 Å². The van der Waals surface area contributed by atoms with Gasteiger partial charge in [-0.3, -0.25) is 15.0 Å². The summed E-state index contributed by atoms with van der Waals surface area (Å²) in [6.45, 7) is 2.12. The maximum absolute atomic E-state index is 12.6. The van der Waals surface area contributed by atoms with Gasteiger partial charge in [-0.25, -0.2) is 5.01 Å². The zero-order valence-electron chi connectivity index (χ0n) is 14.1. The number of benzene rings is 2. The molecular weight excluding hydrogens is 334 g/mol. The van der Waals surface area contributed by atoms with Crippen LogP contribution in [0.2, 0.25) is 0 Å². The Labute approximate surface area is 150 Å². The first-order valence-corrected chi connectivity index (χ1v) is 8.17. The van der Waals surface area contributed by atoms with Crippen LogP contribution in [0.25, 0.3) is 0 Å². The van der Waals surface area contributed by atoms with Crippen molar-refractivity contribution in [1.82, 2.24) is 5.43 Å². The summed E-state index contributed by atoms with van der Waals surface area (Å²) in [6, 6.07) is 12.7. The minimum absolute atomic E-state index is 0.129. The van der Waals surface area contributed by atoms with Crippen molar-refractivity contribution in [2.24, 2.45) is 0 Å². The van der Waals surface area contributed by atoms with Crippen LogP contribution in [-0.4, -0.2) is 18.6 Å². The first kappa shape index (κ1) is 16.0. The predicted octanol–water partition coefficient (Wildman–Crippen LogP) is 2.49. The van der Waals surface area contributed by atoms with Gasteiger partial charge in [-0.1, -0.05) is 12.1 Å². The molecule has 0 spiro atoms. The van der Waals surface area contributed by atoms with Crippen molar-refractivity contribution in [3.8, 4) is 11.5 Å². The molecule has 0 unspecified atom stereocenters. The van der Waals surface area contributed by atoms with Crippen molar-refractivity contribution in [2.75, 3.05) is 17.1 Å². The number of amides is 2. The van der Waals surface area contributed by atoms with Crippen LogP contribution >= 0.6 is 0 Å². The lowest BCUT2D eigenvalue weighted by Crippen LogP contribution is -2.47. The van der Waals surface area contributed by atoms with Gasteiger partial charge in [-0.15, -0.1) is 0 Å². The Morgan fingerprint density at radius 1 is 1.15 bits per heavy atom. The summed E-state index contributed by atoms with van der Waals surface area (Å²) < 4.78 is 10.6. The lowest BCUT2D eigenvalue weighted by atomic mass is 10.2. The molecule has 2 aliphatic rings. The van der Waals surface area contributed by atoms with E-state index < -0.39 is 0 Å². The Kier molecular flexibility index (Phi) is 3.96. The summed E-state index contributed by atoms with van der Waals surface area (Å²) in [5, 5.41) is 4.19. The van der Waals surface area contributed by atoms with E-state index >= 15 is 0 Å². The molecule has 0 saturated heterocycles. The minimum atomic E-state index is -0.339. The van der Waals surface area contributed by atoms with Gasteiger partial charge < -0.3 is 14.8 Å². The Balaban J connectivity index is 1.50. The number of hydrazine groups is 1. The molecule has 2 heterocycles. The second-order valence-electron chi connectivity index (χ2n) is 6.02. The molecule has 2 aromatic carbocycles.